The first-order chi connectivity index (χ1) is 33.6. The molecular weight excluding hydrogens is 1250 g/mol. The summed E-state index contributed by atoms with van der Waals surface area (Å²) >= 11 is 0. The fourth-order valence-corrected chi connectivity index (χ4v) is 15.9. The van der Waals surface area contributed by atoms with Gasteiger partial charge in [0.25, 0.3) is 0 Å². The Labute approximate surface area is 444 Å². The van der Waals surface area contributed by atoms with Crippen molar-refractivity contribution >= 4 is 112 Å². The largest absolute Gasteiger partial charge is 1.00 e. The van der Waals surface area contributed by atoms with Crippen LogP contribution in [0.4, 0.5) is 0 Å². The Balaban J connectivity index is 0.000000137. The smallest absolute Gasteiger partial charge is 0.366 e. The van der Waals surface area contributed by atoms with Crippen molar-refractivity contribution in [3.05, 3.63) is 279 Å². The van der Waals surface area contributed by atoms with Gasteiger partial charge in [0.05, 0.1) is 0 Å². The Morgan fingerprint density at radius 1 is 0.243 bits per heavy atom. The second-order valence-electron chi connectivity index (χ2n) is 17.0. The fraction of sp³-hybridized carbons (Fsp3) is 0. The molecule has 0 aliphatic carbocycles. The van der Waals surface area contributed by atoms with Crippen LogP contribution < -0.4 is 31.8 Å². The van der Waals surface area contributed by atoms with Crippen molar-refractivity contribution in [1.82, 2.24) is 0 Å². The van der Waals surface area contributed by atoms with Crippen LogP contribution in [0.1, 0.15) is 11.1 Å². The normalized spacial score (nSPS) is 10.9. The summed E-state index contributed by atoms with van der Waals surface area (Å²) in [6.45, 7) is 0. The average molecular weight is 1290 g/mol. The summed E-state index contributed by atoms with van der Waals surface area (Å²) < 4.78 is 0. The van der Waals surface area contributed by atoms with Gasteiger partial charge >= 0.3 is 44.8 Å². The molecule has 4 heteroatoms. The van der Waals surface area contributed by atoms with E-state index in [-0.39, 0.29) is 44.8 Å². The van der Waals surface area contributed by atoms with Gasteiger partial charge in [0, 0.05) is 0 Å². The molecule has 0 saturated heterocycles. The fourth-order valence-electron chi connectivity index (χ4n) is 9.95. The Morgan fingerprint density at radius 3 is 0.729 bits per heavy atom. The van der Waals surface area contributed by atoms with Gasteiger partial charge in [-0.1, -0.05) is 170 Å². The van der Waals surface area contributed by atoms with Crippen LogP contribution in [0.3, 0.4) is 0 Å². The Kier molecular flexibility index (Phi) is 15.2. The van der Waals surface area contributed by atoms with Gasteiger partial charge in [-0.25, -0.2) is 0 Å². The molecule has 0 aliphatic heterocycles. The summed E-state index contributed by atoms with van der Waals surface area (Å²) in [5.41, 5.74) is 1.67. The third kappa shape index (κ3) is 9.64. The Morgan fingerprint density at radius 2 is 0.471 bits per heavy atom. The van der Waals surface area contributed by atoms with E-state index in [1.807, 2.05) is 24.3 Å². The van der Waals surface area contributed by atoms with Crippen molar-refractivity contribution in [2.45, 2.75) is 0 Å². The van der Waals surface area contributed by atoms with E-state index in [9.17, 15) is 0 Å². The predicted molar refractivity (Wildman–Crippen MR) is 299 cm³/mol. The topological polar surface area (TPSA) is 0 Å². The van der Waals surface area contributed by atoms with Gasteiger partial charge in [0.1, 0.15) is 47.7 Å². The minimum absolute atomic E-state index is 0. The van der Waals surface area contributed by atoms with Gasteiger partial charge in [-0.3, -0.25) is 11.8 Å². The van der Waals surface area contributed by atoms with Crippen LogP contribution in [-0.2, 0) is 44.8 Å². The van der Waals surface area contributed by atoms with Crippen molar-refractivity contribution in [3.8, 4) is 11.8 Å². The van der Waals surface area contributed by atoms with Crippen molar-refractivity contribution in [3.63, 3.8) is 0 Å². The first kappa shape index (κ1) is 48.4. The number of benzene rings is 13. The second-order valence-corrected chi connectivity index (χ2v) is 21.9. The van der Waals surface area contributed by atoms with Gasteiger partial charge in [-0.2, -0.15) is 0 Å². The van der Waals surface area contributed by atoms with Crippen molar-refractivity contribution in [2.24, 2.45) is 0 Å². The predicted octanol–water partition coefficient (Wildman–Crippen LogP) is 13.7. The van der Waals surface area contributed by atoms with E-state index in [0.717, 1.165) is 11.1 Å². The Hall–Kier alpha value is -6.60. The molecule has 0 amide bonds. The molecule has 338 valence electrons. The van der Waals surface area contributed by atoms with Crippen LogP contribution in [0.15, 0.2) is 255 Å². The van der Waals surface area contributed by atoms with Crippen LogP contribution in [-0.4, -0.2) is 0 Å². The molecular formula is C66H44Au2P2+2. The molecule has 0 bridgehead atoms. The standard InChI is InChI=1S/C30H24P2.2C18H9.2Au/c1-5-15-25(16-6-1)31(26-17-7-2-8-18-26)29-23-13-14-24-30(29)32(27-19-9-3-10-20-27)28-21-11-4-12-22-28;2*1-2-12-10-15-8-6-13-4-3-5-14-7-9-16(11-12)18(15)17(13)14;;/h1-24H;2*3-11H;;/q;2*-1;2*+1/p+2. The molecule has 0 heterocycles. The molecule has 0 fully saturated rings. The third-order valence-electron chi connectivity index (χ3n) is 12.9. The molecule has 0 nitrogen and oxygen atoms in total. The monoisotopic (exact) mass is 1290 g/mol. The molecule has 0 spiro atoms. The third-order valence-corrected chi connectivity index (χ3v) is 18.8. The molecule has 70 heavy (non-hydrogen) atoms. The maximum atomic E-state index is 7.30. The summed E-state index contributed by atoms with van der Waals surface area (Å²) in [6.07, 6.45) is 14.6. The average Bonchev–Trinajstić information content (AvgIpc) is 3.41. The number of rotatable bonds is 6. The summed E-state index contributed by atoms with van der Waals surface area (Å²) in [4.78, 5) is 0. The number of hydrogen-bond donors (Lipinski definition) is 0. The Bertz CT molecular complexity index is 3470. The van der Waals surface area contributed by atoms with Crippen LogP contribution in [0.2, 0.25) is 0 Å². The second kappa shape index (κ2) is 22.0. The molecule has 0 aromatic heterocycles. The van der Waals surface area contributed by atoms with E-state index in [0.29, 0.717) is 0 Å². The van der Waals surface area contributed by atoms with Crippen LogP contribution in [0, 0.1) is 24.7 Å². The van der Waals surface area contributed by atoms with Gasteiger partial charge in [0.2, 0.25) is 0 Å². The van der Waals surface area contributed by atoms with Gasteiger partial charge in [0.15, 0.2) is 0 Å². The van der Waals surface area contributed by atoms with Crippen molar-refractivity contribution in [2.75, 3.05) is 0 Å². The van der Waals surface area contributed by atoms with E-state index < -0.39 is 15.8 Å². The van der Waals surface area contributed by atoms with Crippen molar-refractivity contribution < 1.29 is 44.8 Å². The molecule has 0 unspecified atom stereocenters. The van der Waals surface area contributed by atoms with Crippen molar-refractivity contribution in [1.29, 1.82) is 0 Å². The van der Waals surface area contributed by atoms with E-state index in [1.165, 1.54) is 96.5 Å². The zero-order chi connectivity index (χ0) is 45.8. The molecule has 0 atom stereocenters. The maximum Gasteiger partial charge on any atom is 1.00 e. The molecule has 0 radical (unpaired) electrons. The minimum atomic E-state index is -1.14. The molecule has 0 saturated carbocycles. The molecule has 0 aliphatic rings. The molecule has 13 aromatic rings. The molecule has 13 rings (SSSR count). The summed E-state index contributed by atoms with van der Waals surface area (Å²) in [5.74, 6) is 4.96. The van der Waals surface area contributed by atoms with E-state index in [2.05, 4.69) is 242 Å². The molecule has 13 aromatic carbocycles. The van der Waals surface area contributed by atoms with Gasteiger partial charge in [-0.15, -0.1) is 35.4 Å². The van der Waals surface area contributed by atoms with Crippen LogP contribution in [0.5, 0.6) is 0 Å². The maximum absolute atomic E-state index is 7.30. The minimum Gasteiger partial charge on any atom is -0.366 e. The van der Waals surface area contributed by atoms with Crippen LogP contribution >= 0.6 is 15.8 Å². The zero-order valence-corrected chi connectivity index (χ0v) is 44.2. The van der Waals surface area contributed by atoms with E-state index >= 15 is 0 Å². The SMILES string of the molecule is [Au+].[Au+].[C-]#Cc1cc2ccc3cccc4ccc(c1)c2c34.[C-]#Cc1cc2ccc3cccc4ccc(c1)c2c34.c1ccc([PH+](c2ccccc2)c2ccccc2[PH+](c2ccccc2)c2ccccc2)cc1. The van der Waals surface area contributed by atoms with Gasteiger partial charge in [-0.05, 0) is 125 Å². The quantitative estimate of drug-likeness (QED) is 0.0512. The summed E-state index contributed by atoms with van der Waals surface area (Å²) in [5, 5.41) is 23.8. The summed E-state index contributed by atoms with van der Waals surface area (Å²) in [7, 11) is -2.28. The van der Waals surface area contributed by atoms with Gasteiger partial charge < -0.3 is 12.8 Å². The van der Waals surface area contributed by atoms with E-state index in [4.69, 9.17) is 12.8 Å². The zero-order valence-electron chi connectivity index (χ0n) is 37.9. The first-order valence-electron chi connectivity index (χ1n) is 22.9. The summed E-state index contributed by atoms with van der Waals surface area (Å²) in [6, 6.07) is 91.5. The van der Waals surface area contributed by atoms with E-state index in [1.54, 1.807) is 0 Å². The molecule has 0 N–H and O–H groups in total. The number of hydrogen-bond acceptors (Lipinski definition) is 0. The first-order valence-corrected chi connectivity index (χ1v) is 25.9. The van der Waals surface area contributed by atoms with Crippen LogP contribution in [0.25, 0.3) is 64.6 Å².